The first-order valence-corrected chi connectivity index (χ1v) is 7.00. The Morgan fingerprint density at radius 3 is 2.55 bits per heavy atom. The maximum absolute atomic E-state index is 11.9. The largest absolute Gasteiger partial charge is 0.469 e. The molecule has 6 nitrogen and oxygen atoms in total. The minimum atomic E-state index is -1.46. The van der Waals surface area contributed by atoms with Crippen LogP contribution in [0.2, 0.25) is 0 Å². The molecule has 3 unspecified atom stereocenters. The van der Waals surface area contributed by atoms with Crippen LogP contribution in [0.1, 0.15) is 44.9 Å². The van der Waals surface area contributed by atoms with Gasteiger partial charge in [-0.05, 0) is 25.7 Å². The van der Waals surface area contributed by atoms with Gasteiger partial charge in [0, 0.05) is 6.42 Å². The molecule has 0 spiro atoms. The molecule has 0 saturated heterocycles. The summed E-state index contributed by atoms with van der Waals surface area (Å²) in [4.78, 5) is 23.0. The summed E-state index contributed by atoms with van der Waals surface area (Å²) >= 11 is 0. The molecular formula is C14H24O6. The summed E-state index contributed by atoms with van der Waals surface area (Å²) in [5.74, 6) is -1.71. The van der Waals surface area contributed by atoms with Crippen molar-refractivity contribution < 1.29 is 29.3 Å². The van der Waals surface area contributed by atoms with Gasteiger partial charge in [-0.25, -0.2) is 0 Å². The van der Waals surface area contributed by atoms with E-state index >= 15 is 0 Å². The van der Waals surface area contributed by atoms with E-state index in [1.165, 1.54) is 14.2 Å². The zero-order chi connectivity index (χ0) is 15.2. The van der Waals surface area contributed by atoms with E-state index in [-0.39, 0.29) is 18.8 Å². The third kappa shape index (κ3) is 3.93. The highest BCUT2D eigenvalue weighted by atomic mass is 16.5. The number of esters is 2. The Labute approximate surface area is 119 Å². The number of aliphatic hydroxyl groups is 2. The fourth-order valence-electron chi connectivity index (χ4n) is 2.84. The summed E-state index contributed by atoms with van der Waals surface area (Å²) in [6.07, 6.45) is 2.37. The van der Waals surface area contributed by atoms with Crippen molar-refractivity contribution in [2.75, 3.05) is 14.2 Å². The standard InChI is InChI=1S/C14H24O6/c1-19-12(16)8-5-6-10(13(17)20-2)14(18)9-4-3-7-11(14)15/h10-11,15,18H,3-9H2,1-2H3. The van der Waals surface area contributed by atoms with Crippen LogP contribution in [-0.4, -0.2) is 48.1 Å². The van der Waals surface area contributed by atoms with Gasteiger partial charge >= 0.3 is 11.9 Å². The number of hydrogen-bond donors (Lipinski definition) is 2. The van der Waals surface area contributed by atoms with Gasteiger partial charge in [0.1, 0.15) is 5.60 Å². The van der Waals surface area contributed by atoms with E-state index in [1.807, 2.05) is 0 Å². The lowest BCUT2D eigenvalue weighted by atomic mass is 9.72. The minimum absolute atomic E-state index is 0.177. The van der Waals surface area contributed by atoms with E-state index in [1.54, 1.807) is 0 Å². The van der Waals surface area contributed by atoms with Crippen LogP contribution in [0, 0.1) is 5.92 Å². The molecule has 1 rings (SSSR count). The lowest BCUT2D eigenvalue weighted by Crippen LogP contribution is -2.53. The van der Waals surface area contributed by atoms with Crippen LogP contribution >= 0.6 is 0 Å². The van der Waals surface area contributed by atoms with Crippen LogP contribution in [0.3, 0.4) is 0 Å². The first kappa shape index (κ1) is 16.9. The van der Waals surface area contributed by atoms with E-state index in [0.717, 1.165) is 12.8 Å². The third-order valence-corrected chi connectivity index (χ3v) is 4.07. The summed E-state index contributed by atoms with van der Waals surface area (Å²) in [5, 5.41) is 20.7. The molecule has 0 aliphatic heterocycles. The molecule has 0 aromatic heterocycles. The van der Waals surface area contributed by atoms with Gasteiger partial charge in [0.2, 0.25) is 0 Å². The maximum Gasteiger partial charge on any atom is 0.311 e. The van der Waals surface area contributed by atoms with Crippen LogP contribution in [0.4, 0.5) is 0 Å². The van der Waals surface area contributed by atoms with Crippen molar-refractivity contribution in [2.45, 2.75) is 56.7 Å². The number of carbonyl (C=O) groups is 2. The fourth-order valence-corrected chi connectivity index (χ4v) is 2.84. The number of methoxy groups -OCH3 is 2. The van der Waals surface area contributed by atoms with E-state index < -0.39 is 23.6 Å². The van der Waals surface area contributed by atoms with Gasteiger partial charge in [-0.1, -0.05) is 12.8 Å². The number of carbonyl (C=O) groups excluding carboxylic acids is 2. The molecule has 0 amide bonds. The van der Waals surface area contributed by atoms with Crippen LogP contribution in [0.15, 0.2) is 0 Å². The first-order chi connectivity index (χ1) is 9.45. The minimum Gasteiger partial charge on any atom is -0.469 e. The highest BCUT2D eigenvalue weighted by Crippen LogP contribution is 2.37. The molecule has 0 radical (unpaired) electrons. The average molecular weight is 288 g/mol. The average Bonchev–Trinajstić information content (AvgIpc) is 2.45. The number of aliphatic hydroxyl groups excluding tert-OH is 1. The Balaban J connectivity index is 2.72. The zero-order valence-corrected chi connectivity index (χ0v) is 12.1. The Kier molecular flexibility index (Phi) is 6.42. The van der Waals surface area contributed by atoms with Gasteiger partial charge in [-0.2, -0.15) is 0 Å². The molecule has 2 N–H and O–H groups in total. The Bertz CT molecular complexity index is 343. The van der Waals surface area contributed by atoms with Crippen molar-refractivity contribution in [3.63, 3.8) is 0 Å². The fraction of sp³-hybridized carbons (Fsp3) is 0.857. The molecule has 0 aromatic rings. The molecule has 3 atom stereocenters. The van der Waals surface area contributed by atoms with Crippen molar-refractivity contribution in [3.8, 4) is 0 Å². The lowest BCUT2D eigenvalue weighted by Gasteiger charge is -2.41. The number of rotatable bonds is 6. The second kappa shape index (κ2) is 7.59. The Hall–Kier alpha value is -1.14. The maximum atomic E-state index is 11.9. The lowest BCUT2D eigenvalue weighted by molar-refractivity contribution is -0.176. The molecule has 0 bridgehead atoms. The number of hydrogen-bond acceptors (Lipinski definition) is 6. The van der Waals surface area contributed by atoms with E-state index in [2.05, 4.69) is 4.74 Å². The van der Waals surface area contributed by atoms with Gasteiger partial charge in [-0.3, -0.25) is 9.59 Å². The molecule has 1 saturated carbocycles. The van der Waals surface area contributed by atoms with Gasteiger partial charge in [0.15, 0.2) is 0 Å². The molecule has 20 heavy (non-hydrogen) atoms. The monoisotopic (exact) mass is 288 g/mol. The van der Waals surface area contributed by atoms with Crippen molar-refractivity contribution in [1.29, 1.82) is 0 Å². The van der Waals surface area contributed by atoms with Gasteiger partial charge in [0.25, 0.3) is 0 Å². The summed E-state index contributed by atoms with van der Waals surface area (Å²) in [6.45, 7) is 0. The predicted molar refractivity (Wildman–Crippen MR) is 70.8 cm³/mol. The van der Waals surface area contributed by atoms with Gasteiger partial charge in [-0.15, -0.1) is 0 Å². The Morgan fingerprint density at radius 1 is 1.30 bits per heavy atom. The molecule has 0 heterocycles. The highest BCUT2D eigenvalue weighted by molar-refractivity contribution is 5.74. The smallest absolute Gasteiger partial charge is 0.311 e. The summed E-state index contributed by atoms with van der Waals surface area (Å²) in [6, 6.07) is 0. The topological polar surface area (TPSA) is 93.1 Å². The molecule has 116 valence electrons. The van der Waals surface area contributed by atoms with Gasteiger partial charge < -0.3 is 19.7 Å². The summed E-state index contributed by atoms with van der Waals surface area (Å²) < 4.78 is 9.28. The summed E-state index contributed by atoms with van der Waals surface area (Å²) in [7, 11) is 2.56. The Morgan fingerprint density at radius 2 is 2.00 bits per heavy atom. The summed E-state index contributed by atoms with van der Waals surface area (Å²) in [5.41, 5.74) is -1.46. The third-order valence-electron chi connectivity index (χ3n) is 4.07. The second-order valence-corrected chi connectivity index (χ2v) is 5.30. The quantitative estimate of drug-likeness (QED) is 0.702. The van der Waals surface area contributed by atoms with Crippen LogP contribution in [-0.2, 0) is 19.1 Å². The molecule has 0 aromatic carbocycles. The predicted octanol–water partition coefficient (Wildman–Crippen LogP) is 0.785. The van der Waals surface area contributed by atoms with E-state index in [9.17, 15) is 19.8 Å². The van der Waals surface area contributed by atoms with E-state index in [0.29, 0.717) is 19.3 Å². The SMILES string of the molecule is COC(=O)CCCC(C(=O)OC)C1(O)CCCCC1O. The molecule has 1 aliphatic rings. The van der Waals surface area contributed by atoms with Crippen molar-refractivity contribution in [1.82, 2.24) is 0 Å². The van der Waals surface area contributed by atoms with Crippen LogP contribution in [0.5, 0.6) is 0 Å². The van der Waals surface area contributed by atoms with Crippen molar-refractivity contribution in [3.05, 3.63) is 0 Å². The van der Waals surface area contributed by atoms with Crippen LogP contribution < -0.4 is 0 Å². The van der Waals surface area contributed by atoms with Crippen molar-refractivity contribution >= 4 is 11.9 Å². The molecule has 6 heteroatoms. The van der Waals surface area contributed by atoms with E-state index in [4.69, 9.17) is 4.74 Å². The molecule has 1 fully saturated rings. The normalized spacial score (nSPS) is 27.7. The zero-order valence-electron chi connectivity index (χ0n) is 12.1. The molecular weight excluding hydrogens is 264 g/mol. The molecule has 1 aliphatic carbocycles. The van der Waals surface area contributed by atoms with Crippen LogP contribution in [0.25, 0.3) is 0 Å². The van der Waals surface area contributed by atoms with Crippen molar-refractivity contribution in [2.24, 2.45) is 5.92 Å². The number of ether oxygens (including phenoxy) is 2. The highest BCUT2D eigenvalue weighted by Gasteiger charge is 2.48. The van der Waals surface area contributed by atoms with Gasteiger partial charge in [0.05, 0.1) is 26.2 Å². The second-order valence-electron chi connectivity index (χ2n) is 5.30. The first-order valence-electron chi connectivity index (χ1n) is 7.00.